The van der Waals surface area contributed by atoms with Crippen LogP contribution in [0.1, 0.15) is 23.8 Å². The van der Waals surface area contributed by atoms with Gasteiger partial charge in [-0.1, -0.05) is 0 Å². The van der Waals surface area contributed by atoms with E-state index in [1.165, 1.54) is 0 Å². The summed E-state index contributed by atoms with van der Waals surface area (Å²) in [7, 11) is 0. The van der Waals surface area contributed by atoms with Gasteiger partial charge in [-0.2, -0.15) is 11.8 Å². The summed E-state index contributed by atoms with van der Waals surface area (Å²) < 4.78 is 10.8. The summed E-state index contributed by atoms with van der Waals surface area (Å²) in [5.41, 5.74) is -0.0825. The zero-order valence-corrected chi connectivity index (χ0v) is 12.1. The predicted molar refractivity (Wildman–Crippen MR) is 74.5 cm³/mol. The third kappa shape index (κ3) is 3.01. The van der Waals surface area contributed by atoms with Crippen molar-refractivity contribution < 1.29 is 19.4 Å². The van der Waals surface area contributed by atoms with Crippen molar-refractivity contribution in [2.45, 2.75) is 36.8 Å². The second-order valence-corrected chi connectivity index (χ2v) is 6.44. The van der Waals surface area contributed by atoms with Gasteiger partial charge in [0.2, 0.25) is 5.89 Å². The van der Waals surface area contributed by atoms with Gasteiger partial charge in [-0.15, -0.1) is 0 Å². The smallest absolute Gasteiger partial charge is 0.208 e. The van der Waals surface area contributed by atoms with Crippen molar-refractivity contribution in [3.63, 3.8) is 0 Å². The number of rotatable bonds is 5. The van der Waals surface area contributed by atoms with Crippen molar-refractivity contribution in [3.05, 3.63) is 17.3 Å². The van der Waals surface area contributed by atoms with Crippen LogP contribution in [0.3, 0.4) is 0 Å². The average molecular weight is 300 g/mol. The van der Waals surface area contributed by atoms with Gasteiger partial charge in [-0.25, -0.2) is 4.98 Å². The highest BCUT2D eigenvalue weighted by Gasteiger charge is 2.39. The van der Waals surface area contributed by atoms with Gasteiger partial charge < -0.3 is 24.7 Å². The Morgan fingerprint density at radius 2 is 2.40 bits per heavy atom. The van der Waals surface area contributed by atoms with Crippen LogP contribution in [0.4, 0.5) is 0 Å². The molecule has 1 aromatic heterocycles. The molecule has 0 radical (unpaired) electrons. The maximum Gasteiger partial charge on any atom is 0.208 e. The van der Waals surface area contributed by atoms with Crippen LogP contribution in [-0.2, 0) is 23.5 Å². The van der Waals surface area contributed by atoms with E-state index in [1.54, 1.807) is 0 Å². The number of aliphatic hydroxyl groups excluding tert-OH is 1. The molecule has 0 aromatic carbocycles. The lowest BCUT2D eigenvalue weighted by molar-refractivity contribution is -0.0749. The van der Waals surface area contributed by atoms with Crippen LogP contribution >= 0.6 is 11.8 Å². The van der Waals surface area contributed by atoms with Crippen LogP contribution in [-0.4, -0.2) is 52.4 Å². The summed E-state index contributed by atoms with van der Waals surface area (Å²) in [6, 6.07) is 0. The van der Waals surface area contributed by atoms with Gasteiger partial charge in [0.1, 0.15) is 11.4 Å². The number of nitrogens with zero attached hydrogens (tertiary/aromatic N) is 1. The van der Waals surface area contributed by atoms with Gasteiger partial charge in [0.25, 0.3) is 0 Å². The molecular weight excluding hydrogens is 280 g/mol. The van der Waals surface area contributed by atoms with E-state index >= 15 is 0 Å². The molecule has 0 amide bonds. The number of hydrogen-bond acceptors (Lipinski definition) is 7. The molecule has 1 saturated heterocycles. The molecule has 2 unspecified atom stereocenters. The van der Waals surface area contributed by atoms with Crippen LogP contribution in [0.15, 0.2) is 4.42 Å². The number of thioether (sulfide) groups is 1. The van der Waals surface area contributed by atoms with Gasteiger partial charge in [-0.05, 0) is 0 Å². The Labute approximate surface area is 121 Å². The molecule has 2 aliphatic heterocycles. The fraction of sp³-hybridized carbons (Fsp3) is 0.769. The third-order valence-corrected chi connectivity index (χ3v) is 4.77. The first-order valence-corrected chi connectivity index (χ1v) is 8.07. The number of aliphatic hydroxyl groups is 2. The summed E-state index contributed by atoms with van der Waals surface area (Å²) in [4.78, 5) is 4.44. The van der Waals surface area contributed by atoms with Crippen molar-refractivity contribution in [1.29, 1.82) is 0 Å². The van der Waals surface area contributed by atoms with Crippen LogP contribution in [0.25, 0.3) is 0 Å². The summed E-state index contributed by atoms with van der Waals surface area (Å²) >= 11 is 1.87. The van der Waals surface area contributed by atoms with Crippen LogP contribution in [0.5, 0.6) is 0 Å². The first kappa shape index (κ1) is 14.3. The van der Waals surface area contributed by atoms with Gasteiger partial charge in [0.15, 0.2) is 0 Å². The summed E-state index contributed by atoms with van der Waals surface area (Å²) in [6.07, 6.45) is 0.567. The Hall–Kier alpha value is -0.600. The van der Waals surface area contributed by atoms with Crippen LogP contribution in [0, 0.1) is 0 Å². The number of oxazole rings is 1. The molecular formula is C13H20N2O4S. The summed E-state index contributed by atoms with van der Waals surface area (Å²) in [6.45, 7) is 1.45. The molecule has 1 aromatic rings. The first-order valence-electron chi connectivity index (χ1n) is 6.91. The quantitative estimate of drug-likeness (QED) is 0.709. The Bertz CT molecular complexity index is 436. The Kier molecular flexibility index (Phi) is 4.32. The van der Waals surface area contributed by atoms with E-state index in [-0.39, 0.29) is 6.61 Å². The molecule has 7 heteroatoms. The third-order valence-electron chi connectivity index (χ3n) is 3.80. The zero-order valence-electron chi connectivity index (χ0n) is 11.3. The van der Waals surface area contributed by atoms with Crippen molar-refractivity contribution in [1.82, 2.24) is 10.3 Å². The fourth-order valence-electron chi connectivity index (χ4n) is 2.49. The topological polar surface area (TPSA) is 87.8 Å². The average Bonchev–Trinajstić information content (AvgIpc) is 3.05. The molecule has 20 heavy (non-hydrogen) atoms. The highest BCUT2D eigenvalue weighted by Crippen LogP contribution is 2.25. The largest absolute Gasteiger partial charge is 0.444 e. The normalized spacial score (nSPS) is 27.5. The minimum Gasteiger partial charge on any atom is -0.444 e. The van der Waals surface area contributed by atoms with Crippen LogP contribution in [0.2, 0.25) is 0 Å². The van der Waals surface area contributed by atoms with Gasteiger partial charge >= 0.3 is 0 Å². The lowest BCUT2D eigenvalue weighted by Gasteiger charge is -2.26. The van der Waals surface area contributed by atoms with E-state index in [4.69, 9.17) is 9.15 Å². The fourth-order valence-corrected chi connectivity index (χ4v) is 3.39. The van der Waals surface area contributed by atoms with Gasteiger partial charge in [0, 0.05) is 37.5 Å². The molecule has 3 N–H and O–H groups in total. The highest BCUT2D eigenvalue weighted by atomic mass is 32.2. The van der Waals surface area contributed by atoms with E-state index in [2.05, 4.69) is 10.3 Å². The number of hydrogen-bond donors (Lipinski definition) is 3. The molecule has 0 aliphatic carbocycles. The van der Waals surface area contributed by atoms with E-state index in [0.717, 1.165) is 29.4 Å². The molecule has 0 bridgehead atoms. The maximum atomic E-state index is 10.1. The first-order chi connectivity index (χ1) is 9.67. The van der Waals surface area contributed by atoms with E-state index in [9.17, 15) is 10.2 Å². The molecule has 3 heterocycles. The molecule has 3 rings (SSSR count). The Morgan fingerprint density at radius 1 is 1.50 bits per heavy atom. The zero-order chi connectivity index (χ0) is 14.0. The van der Waals surface area contributed by atoms with Crippen LogP contribution < -0.4 is 5.32 Å². The van der Waals surface area contributed by atoms with Gasteiger partial charge in [0.05, 0.1) is 24.9 Å². The van der Waals surface area contributed by atoms with Gasteiger partial charge in [-0.3, -0.25) is 0 Å². The molecule has 0 saturated carbocycles. The van der Waals surface area contributed by atoms with Crippen molar-refractivity contribution in [3.8, 4) is 0 Å². The maximum absolute atomic E-state index is 10.1. The lowest BCUT2D eigenvalue weighted by atomic mass is 9.96. The highest BCUT2D eigenvalue weighted by molar-refractivity contribution is 7.98. The minimum atomic E-state index is -1.13. The monoisotopic (exact) mass is 300 g/mol. The number of aromatic nitrogens is 1. The molecule has 1 fully saturated rings. The van der Waals surface area contributed by atoms with E-state index in [0.29, 0.717) is 32.0 Å². The predicted octanol–water partition coefficient (Wildman–Crippen LogP) is 0.0658. The second-order valence-electron chi connectivity index (χ2n) is 5.33. The number of aryl methyl sites for hydroxylation is 1. The minimum absolute atomic E-state index is 0.195. The summed E-state index contributed by atoms with van der Waals surface area (Å²) in [5, 5.41) is 23.2. The molecule has 2 atom stereocenters. The van der Waals surface area contributed by atoms with E-state index < -0.39 is 11.7 Å². The van der Waals surface area contributed by atoms with E-state index in [1.807, 2.05) is 11.8 Å². The lowest BCUT2D eigenvalue weighted by Crippen LogP contribution is -2.48. The van der Waals surface area contributed by atoms with Crippen molar-refractivity contribution >= 4 is 11.8 Å². The number of ether oxygens (including phenoxy) is 1. The standard InChI is InChI=1S/C13H20N2O4S/c16-11(13(17)2-3-18-8-13)5-14-6-12-15-9-7-20-4-1-10(9)19-12/h11,14,16-17H,1-8H2. The SMILES string of the molecule is OC(CNCc1nc2c(o1)CCSC2)C1(O)CCOC1. The Balaban J connectivity index is 1.48. The molecule has 0 spiro atoms. The second kappa shape index (κ2) is 6.03. The Morgan fingerprint density at radius 3 is 3.15 bits per heavy atom. The van der Waals surface area contributed by atoms with Crippen molar-refractivity contribution in [2.24, 2.45) is 0 Å². The molecule has 112 valence electrons. The van der Waals surface area contributed by atoms with Crippen molar-refractivity contribution in [2.75, 3.05) is 25.5 Å². The molecule has 6 nitrogen and oxygen atoms in total. The number of fused-ring (bicyclic) bond motifs is 1. The summed E-state index contributed by atoms with van der Waals surface area (Å²) in [5.74, 6) is 3.64. The molecule has 2 aliphatic rings. The number of nitrogens with one attached hydrogen (secondary N) is 1.